The number of anilines is 1. The molecule has 1 aliphatic rings. The van der Waals surface area contributed by atoms with E-state index in [1.807, 2.05) is 30.3 Å². The lowest BCUT2D eigenvalue weighted by atomic mass is 9.92. The highest BCUT2D eigenvalue weighted by Gasteiger charge is 2.21. The van der Waals surface area contributed by atoms with E-state index in [-0.39, 0.29) is 10.9 Å². The molecular weight excluding hydrogens is 310 g/mol. The van der Waals surface area contributed by atoms with Crippen molar-refractivity contribution < 1.29 is 14.6 Å². The van der Waals surface area contributed by atoms with Crippen molar-refractivity contribution in [1.29, 1.82) is 0 Å². The maximum Gasteiger partial charge on any atom is 0.197 e. The number of aromatic hydroxyl groups is 1. The van der Waals surface area contributed by atoms with Gasteiger partial charge in [0.25, 0.3) is 0 Å². The number of ether oxygens (including phenoxy) is 1. The number of hydrogen-bond acceptors (Lipinski definition) is 4. The van der Waals surface area contributed by atoms with E-state index in [1.54, 1.807) is 18.2 Å². The van der Waals surface area contributed by atoms with Crippen LogP contribution in [-0.4, -0.2) is 36.5 Å². The van der Waals surface area contributed by atoms with Gasteiger partial charge in [-0.15, -0.1) is 12.6 Å². The Labute approximate surface area is 141 Å². The Bertz CT molecular complexity index is 681. The quantitative estimate of drug-likeness (QED) is 0.847. The fraction of sp³-hybridized carbons (Fsp3) is 0.278. The molecule has 5 heteroatoms. The number of hydrogen-bond donors (Lipinski definition) is 2. The molecule has 1 heterocycles. The van der Waals surface area contributed by atoms with Crippen molar-refractivity contribution in [3.63, 3.8) is 0 Å². The average molecular weight is 329 g/mol. The van der Waals surface area contributed by atoms with Gasteiger partial charge in [-0.05, 0) is 35.4 Å². The monoisotopic (exact) mass is 329 g/mol. The highest BCUT2D eigenvalue weighted by atomic mass is 32.1. The molecule has 1 aliphatic heterocycles. The molecule has 1 saturated heterocycles. The topological polar surface area (TPSA) is 49.8 Å². The summed E-state index contributed by atoms with van der Waals surface area (Å²) in [7, 11) is 0. The Morgan fingerprint density at radius 1 is 1.09 bits per heavy atom. The first-order valence-electron chi connectivity index (χ1n) is 7.59. The summed E-state index contributed by atoms with van der Waals surface area (Å²) in [6.07, 6.45) is 0. The van der Waals surface area contributed by atoms with Gasteiger partial charge in [0.1, 0.15) is 5.75 Å². The first-order chi connectivity index (χ1) is 11.1. The molecule has 1 unspecified atom stereocenters. The molecular formula is C18H19NO3S. The Kier molecular flexibility index (Phi) is 4.88. The van der Waals surface area contributed by atoms with E-state index in [1.165, 1.54) is 0 Å². The van der Waals surface area contributed by atoms with Crippen LogP contribution in [0.1, 0.15) is 17.0 Å². The molecule has 0 spiro atoms. The summed E-state index contributed by atoms with van der Waals surface area (Å²) in [5, 5.41) is 9.41. The van der Waals surface area contributed by atoms with Crippen molar-refractivity contribution in [2.75, 3.05) is 31.2 Å². The van der Waals surface area contributed by atoms with Crippen LogP contribution in [0.25, 0.3) is 0 Å². The van der Waals surface area contributed by atoms with Crippen LogP contribution >= 0.6 is 12.6 Å². The third-order valence-electron chi connectivity index (χ3n) is 4.05. The zero-order chi connectivity index (χ0) is 16.2. The fourth-order valence-electron chi connectivity index (χ4n) is 2.88. The number of benzene rings is 2. The van der Waals surface area contributed by atoms with Gasteiger partial charge in [-0.2, -0.15) is 0 Å². The van der Waals surface area contributed by atoms with Crippen molar-refractivity contribution >= 4 is 23.4 Å². The molecule has 4 nitrogen and oxygen atoms in total. The normalized spacial score (nSPS) is 16.1. The van der Waals surface area contributed by atoms with Gasteiger partial charge in [0.2, 0.25) is 0 Å². The minimum Gasteiger partial charge on any atom is -0.508 e. The smallest absolute Gasteiger partial charge is 0.197 e. The van der Waals surface area contributed by atoms with E-state index >= 15 is 0 Å². The summed E-state index contributed by atoms with van der Waals surface area (Å²) < 4.78 is 5.36. The van der Waals surface area contributed by atoms with Crippen LogP contribution in [0.2, 0.25) is 0 Å². The van der Waals surface area contributed by atoms with Gasteiger partial charge in [0.15, 0.2) is 5.12 Å². The van der Waals surface area contributed by atoms with Crippen LogP contribution in [0, 0.1) is 0 Å². The van der Waals surface area contributed by atoms with Gasteiger partial charge in [0, 0.05) is 18.8 Å². The Hall–Kier alpha value is -1.98. The second kappa shape index (κ2) is 7.06. The number of carbonyl (C=O) groups is 1. The number of phenolic OH excluding ortho intramolecular Hbond substituents is 1. The van der Waals surface area contributed by atoms with Crippen LogP contribution in [0.4, 0.5) is 5.69 Å². The third kappa shape index (κ3) is 3.68. The summed E-state index contributed by atoms with van der Waals surface area (Å²) in [5.41, 5.74) is 2.73. The molecule has 0 aromatic heterocycles. The molecule has 3 rings (SSSR count). The Balaban J connectivity index is 1.87. The van der Waals surface area contributed by atoms with E-state index in [4.69, 9.17) is 4.74 Å². The van der Waals surface area contributed by atoms with Gasteiger partial charge in [-0.3, -0.25) is 4.79 Å². The van der Waals surface area contributed by atoms with Crippen molar-refractivity contribution in [1.82, 2.24) is 0 Å². The summed E-state index contributed by atoms with van der Waals surface area (Å²) in [4.78, 5) is 14.3. The lowest BCUT2D eigenvalue weighted by Crippen LogP contribution is -2.36. The van der Waals surface area contributed by atoms with Crippen molar-refractivity contribution in [3.8, 4) is 5.75 Å². The predicted octanol–water partition coefficient (Wildman–Crippen LogP) is 2.82. The van der Waals surface area contributed by atoms with Crippen LogP contribution in [0.15, 0.2) is 48.5 Å². The number of thiol groups is 1. The van der Waals surface area contributed by atoms with Crippen LogP contribution in [0.3, 0.4) is 0 Å². The van der Waals surface area contributed by atoms with Crippen LogP contribution in [-0.2, 0) is 9.53 Å². The molecule has 23 heavy (non-hydrogen) atoms. The molecule has 0 bridgehead atoms. The number of carbonyl (C=O) groups excluding carboxylic acids is 1. The first kappa shape index (κ1) is 15.9. The molecule has 0 saturated carbocycles. The third-order valence-corrected chi connectivity index (χ3v) is 4.31. The fourth-order valence-corrected chi connectivity index (χ4v) is 3.18. The highest BCUT2D eigenvalue weighted by molar-refractivity contribution is 7.96. The predicted molar refractivity (Wildman–Crippen MR) is 93.4 cm³/mol. The lowest BCUT2D eigenvalue weighted by Gasteiger charge is -2.29. The second-order valence-corrected chi connectivity index (χ2v) is 6.00. The lowest BCUT2D eigenvalue weighted by molar-refractivity contribution is -0.111. The number of nitrogens with zero attached hydrogens (tertiary/aromatic N) is 1. The van der Waals surface area contributed by atoms with E-state index in [0.717, 1.165) is 43.1 Å². The van der Waals surface area contributed by atoms with Crippen LogP contribution in [0.5, 0.6) is 5.75 Å². The summed E-state index contributed by atoms with van der Waals surface area (Å²) >= 11 is 4.03. The number of phenols is 1. The van der Waals surface area contributed by atoms with Gasteiger partial charge in [-0.25, -0.2) is 0 Å². The zero-order valence-electron chi connectivity index (χ0n) is 12.7. The molecule has 2 aromatic carbocycles. The largest absolute Gasteiger partial charge is 0.508 e. The molecule has 0 aliphatic carbocycles. The van der Waals surface area contributed by atoms with Crippen molar-refractivity contribution in [2.24, 2.45) is 0 Å². The highest BCUT2D eigenvalue weighted by Crippen LogP contribution is 2.30. The zero-order valence-corrected chi connectivity index (χ0v) is 13.6. The molecule has 1 atom stereocenters. The maximum atomic E-state index is 12.0. The summed E-state index contributed by atoms with van der Waals surface area (Å²) in [5.74, 6) is -0.337. The standard InChI is InChI=1S/C18H19NO3S/c20-16-3-1-2-14(12-16)17(18(21)23)13-4-6-15(7-5-13)19-8-10-22-11-9-19/h1-7,12,17,20H,8-11H2,(H,21,23). The van der Waals surface area contributed by atoms with Crippen LogP contribution < -0.4 is 4.90 Å². The van der Waals surface area contributed by atoms with Gasteiger partial charge in [0.05, 0.1) is 19.1 Å². The first-order valence-corrected chi connectivity index (χ1v) is 8.04. The SMILES string of the molecule is O=C(S)C(c1ccc(N2CCOCC2)cc1)c1cccc(O)c1. The van der Waals surface area contributed by atoms with E-state index in [0.29, 0.717) is 0 Å². The van der Waals surface area contributed by atoms with Crippen molar-refractivity contribution in [2.45, 2.75) is 5.92 Å². The Morgan fingerprint density at radius 2 is 1.78 bits per heavy atom. The van der Waals surface area contributed by atoms with Gasteiger partial charge in [-0.1, -0.05) is 24.3 Å². The summed E-state index contributed by atoms with van der Waals surface area (Å²) in [6.45, 7) is 3.23. The van der Waals surface area contributed by atoms with E-state index in [2.05, 4.69) is 17.5 Å². The number of morpholine rings is 1. The second-order valence-electron chi connectivity index (χ2n) is 5.56. The minimum absolute atomic E-state index is 0.145. The van der Waals surface area contributed by atoms with E-state index in [9.17, 15) is 9.90 Å². The van der Waals surface area contributed by atoms with Crippen molar-refractivity contribution in [3.05, 3.63) is 59.7 Å². The minimum atomic E-state index is -0.482. The number of rotatable bonds is 4. The van der Waals surface area contributed by atoms with Gasteiger partial charge >= 0.3 is 0 Å². The molecule has 2 aromatic rings. The molecule has 120 valence electrons. The van der Waals surface area contributed by atoms with Gasteiger partial charge < -0.3 is 14.7 Å². The average Bonchev–Trinajstić information content (AvgIpc) is 2.56. The maximum absolute atomic E-state index is 12.0. The molecule has 0 amide bonds. The molecule has 0 radical (unpaired) electrons. The molecule has 1 fully saturated rings. The van der Waals surface area contributed by atoms with E-state index < -0.39 is 5.92 Å². The summed E-state index contributed by atoms with van der Waals surface area (Å²) in [6, 6.07) is 14.7. The Morgan fingerprint density at radius 3 is 2.39 bits per heavy atom. The molecule has 1 N–H and O–H groups in total.